The first kappa shape index (κ1) is 17.7. The van der Waals surface area contributed by atoms with Crippen molar-refractivity contribution in [3.8, 4) is 5.75 Å². The van der Waals surface area contributed by atoms with Crippen LogP contribution >= 0.6 is 0 Å². The van der Waals surface area contributed by atoms with Crippen LogP contribution in [0.25, 0.3) is 0 Å². The van der Waals surface area contributed by atoms with E-state index in [1.165, 1.54) is 13.0 Å². The second-order valence-corrected chi connectivity index (χ2v) is 6.32. The number of aryl methyl sites for hydroxylation is 1. The van der Waals surface area contributed by atoms with Gasteiger partial charge < -0.3 is 19.4 Å². The van der Waals surface area contributed by atoms with Gasteiger partial charge in [0, 0.05) is 18.7 Å². The van der Waals surface area contributed by atoms with Gasteiger partial charge in [0.1, 0.15) is 17.6 Å². The summed E-state index contributed by atoms with van der Waals surface area (Å²) in [5.74, 6) is 0.833. The molecule has 0 aliphatic carbocycles. The van der Waals surface area contributed by atoms with E-state index in [-0.39, 0.29) is 17.9 Å². The van der Waals surface area contributed by atoms with Crippen molar-refractivity contribution in [1.29, 1.82) is 0 Å². The summed E-state index contributed by atoms with van der Waals surface area (Å²) in [6.45, 7) is 4.11. The number of hydrogen-bond donors (Lipinski definition) is 1. The van der Waals surface area contributed by atoms with Crippen molar-refractivity contribution in [2.45, 2.75) is 26.4 Å². The molecule has 7 nitrogen and oxygen atoms in total. The Hall–Kier alpha value is -3.09. The molecule has 2 heterocycles. The molecule has 0 saturated carbocycles. The van der Waals surface area contributed by atoms with Gasteiger partial charge in [-0.1, -0.05) is 12.1 Å². The lowest BCUT2D eigenvalue weighted by atomic mass is 10.1. The third-order valence-corrected chi connectivity index (χ3v) is 4.00. The van der Waals surface area contributed by atoms with E-state index < -0.39 is 5.63 Å². The predicted molar refractivity (Wildman–Crippen MR) is 95.2 cm³/mol. The molecule has 2 amide bonds. The second-order valence-electron chi connectivity index (χ2n) is 6.32. The fraction of sp³-hybridized carbons (Fsp3) is 0.316. The number of carbonyl (C=O) groups is 2. The first-order valence-electron chi connectivity index (χ1n) is 8.32. The molecule has 1 aliphatic heterocycles. The Balaban J connectivity index is 1.48. The normalized spacial score (nSPS) is 13.8. The second kappa shape index (κ2) is 7.43. The fourth-order valence-electron chi connectivity index (χ4n) is 2.75. The van der Waals surface area contributed by atoms with E-state index in [0.717, 1.165) is 5.56 Å². The molecule has 136 valence electrons. The van der Waals surface area contributed by atoms with Crippen LogP contribution in [-0.4, -0.2) is 35.9 Å². The molecule has 0 radical (unpaired) electrons. The molecule has 26 heavy (non-hydrogen) atoms. The van der Waals surface area contributed by atoms with Gasteiger partial charge in [-0.05, 0) is 24.6 Å². The van der Waals surface area contributed by atoms with Gasteiger partial charge in [0.05, 0.1) is 25.6 Å². The lowest BCUT2D eigenvalue weighted by Crippen LogP contribution is -2.56. The minimum Gasteiger partial charge on any atom is -0.486 e. The number of likely N-dealkylation sites (tertiary alicyclic amines) is 1. The summed E-state index contributed by atoms with van der Waals surface area (Å²) in [6.07, 6.45) is 0.170. The standard InChI is InChI=1S/C19H20N2O5/c1-12-7-16(9-19(24)25-12)26-17-10-21(11-17)18(23)8-14-3-5-15(6-4-14)20-13(2)22/h3-7,9,17H,8,10-11H2,1-2H3,(H,20,22). The highest BCUT2D eigenvalue weighted by Crippen LogP contribution is 2.19. The van der Waals surface area contributed by atoms with Crippen LogP contribution in [0.15, 0.2) is 45.6 Å². The number of amides is 2. The van der Waals surface area contributed by atoms with E-state index in [9.17, 15) is 14.4 Å². The van der Waals surface area contributed by atoms with Crippen LogP contribution in [0.3, 0.4) is 0 Å². The molecule has 7 heteroatoms. The SMILES string of the molecule is CC(=O)Nc1ccc(CC(=O)N2CC(Oc3cc(C)oc(=O)c3)C2)cc1. The highest BCUT2D eigenvalue weighted by molar-refractivity contribution is 5.88. The number of hydrogen-bond acceptors (Lipinski definition) is 5. The minimum absolute atomic E-state index is 0.0147. The topological polar surface area (TPSA) is 88.8 Å². The van der Waals surface area contributed by atoms with Gasteiger partial charge >= 0.3 is 5.63 Å². The van der Waals surface area contributed by atoms with Crippen LogP contribution in [0.2, 0.25) is 0 Å². The third kappa shape index (κ3) is 4.50. The van der Waals surface area contributed by atoms with Crippen molar-refractivity contribution in [1.82, 2.24) is 4.90 Å². The molecule has 1 aromatic heterocycles. The lowest BCUT2D eigenvalue weighted by Gasteiger charge is -2.39. The van der Waals surface area contributed by atoms with Crippen molar-refractivity contribution >= 4 is 17.5 Å². The minimum atomic E-state index is -0.449. The maximum atomic E-state index is 12.3. The molecule has 1 aliphatic rings. The van der Waals surface area contributed by atoms with E-state index in [2.05, 4.69) is 5.32 Å². The predicted octanol–water partition coefficient (Wildman–Crippen LogP) is 1.74. The average molecular weight is 356 g/mol. The average Bonchev–Trinajstić information content (AvgIpc) is 2.51. The Kier molecular flexibility index (Phi) is 5.06. The van der Waals surface area contributed by atoms with Crippen LogP contribution in [0.5, 0.6) is 5.75 Å². The van der Waals surface area contributed by atoms with E-state index in [1.54, 1.807) is 30.0 Å². The largest absolute Gasteiger partial charge is 0.486 e. The van der Waals surface area contributed by atoms with Gasteiger partial charge in [0.15, 0.2) is 0 Å². The van der Waals surface area contributed by atoms with Gasteiger partial charge in [-0.15, -0.1) is 0 Å². The van der Waals surface area contributed by atoms with E-state index in [0.29, 0.717) is 36.7 Å². The molecule has 1 saturated heterocycles. The molecule has 0 bridgehead atoms. The number of anilines is 1. The molecule has 1 N–H and O–H groups in total. The van der Waals surface area contributed by atoms with E-state index in [1.807, 2.05) is 12.1 Å². The molecule has 0 spiro atoms. The first-order valence-corrected chi connectivity index (χ1v) is 8.32. The van der Waals surface area contributed by atoms with Crippen LogP contribution in [-0.2, 0) is 16.0 Å². The number of nitrogens with zero attached hydrogens (tertiary/aromatic N) is 1. The Morgan fingerprint density at radius 1 is 1.23 bits per heavy atom. The molecular weight excluding hydrogens is 336 g/mol. The number of carbonyl (C=O) groups excluding carboxylic acids is 2. The zero-order valence-corrected chi connectivity index (χ0v) is 14.7. The zero-order chi connectivity index (χ0) is 18.7. The van der Waals surface area contributed by atoms with E-state index in [4.69, 9.17) is 9.15 Å². The van der Waals surface area contributed by atoms with Crippen molar-refractivity contribution in [3.63, 3.8) is 0 Å². The van der Waals surface area contributed by atoms with Crippen LogP contribution < -0.4 is 15.7 Å². The van der Waals surface area contributed by atoms with Crippen molar-refractivity contribution in [2.75, 3.05) is 18.4 Å². The van der Waals surface area contributed by atoms with Gasteiger partial charge in [0.2, 0.25) is 11.8 Å². The highest BCUT2D eigenvalue weighted by Gasteiger charge is 2.32. The van der Waals surface area contributed by atoms with Crippen LogP contribution in [0, 0.1) is 6.92 Å². The Morgan fingerprint density at radius 2 is 1.92 bits per heavy atom. The lowest BCUT2D eigenvalue weighted by molar-refractivity contribution is -0.139. The molecular formula is C19H20N2O5. The van der Waals surface area contributed by atoms with Crippen molar-refractivity contribution in [2.24, 2.45) is 0 Å². The molecule has 1 fully saturated rings. The Labute approximate surface area is 150 Å². The summed E-state index contributed by atoms with van der Waals surface area (Å²) in [5.41, 5.74) is 1.13. The number of ether oxygens (including phenoxy) is 1. The summed E-state index contributed by atoms with van der Waals surface area (Å²) in [4.78, 5) is 36.3. The summed E-state index contributed by atoms with van der Waals surface area (Å²) in [5, 5.41) is 2.69. The molecule has 1 aromatic carbocycles. The monoisotopic (exact) mass is 356 g/mol. The number of nitrogens with one attached hydrogen (secondary N) is 1. The summed E-state index contributed by atoms with van der Waals surface area (Å²) in [6, 6.07) is 10.1. The smallest absolute Gasteiger partial charge is 0.339 e. The summed E-state index contributed by atoms with van der Waals surface area (Å²) < 4.78 is 10.6. The van der Waals surface area contributed by atoms with Crippen molar-refractivity contribution in [3.05, 3.63) is 58.1 Å². The first-order chi connectivity index (χ1) is 12.4. The number of benzene rings is 1. The molecule has 0 atom stereocenters. The van der Waals surface area contributed by atoms with Gasteiger partial charge in [-0.2, -0.15) is 0 Å². The van der Waals surface area contributed by atoms with Crippen LogP contribution in [0.1, 0.15) is 18.2 Å². The molecule has 3 rings (SSSR count). The van der Waals surface area contributed by atoms with Crippen LogP contribution in [0.4, 0.5) is 5.69 Å². The van der Waals surface area contributed by atoms with Crippen molar-refractivity contribution < 1.29 is 18.7 Å². The fourth-order valence-corrected chi connectivity index (χ4v) is 2.75. The Bertz CT molecular complexity index is 866. The molecule has 2 aromatic rings. The number of rotatable bonds is 5. The summed E-state index contributed by atoms with van der Waals surface area (Å²) in [7, 11) is 0. The maximum Gasteiger partial charge on any atom is 0.339 e. The zero-order valence-electron chi connectivity index (χ0n) is 14.7. The van der Waals surface area contributed by atoms with Gasteiger partial charge in [-0.25, -0.2) is 4.79 Å². The van der Waals surface area contributed by atoms with E-state index >= 15 is 0 Å². The summed E-state index contributed by atoms with van der Waals surface area (Å²) >= 11 is 0. The third-order valence-electron chi connectivity index (χ3n) is 4.00. The van der Waals surface area contributed by atoms with Gasteiger partial charge in [-0.3, -0.25) is 9.59 Å². The maximum absolute atomic E-state index is 12.3. The highest BCUT2D eigenvalue weighted by atomic mass is 16.5. The Morgan fingerprint density at radius 3 is 2.54 bits per heavy atom. The molecule has 0 unspecified atom stereocenters. The quantitative estimate of drug-likeness (QED) is 0.881. The van der Waals surface area contributed by atoms with Gasteiger partial charge in [0.25, 0.3) is 0 Å².